The lowest BCUT2D eigenvalue weighted by Crippen LogP contribution is -2.43. The SMILES string of the molecule is COc1ccc(-n2c(=O)c(C(=O)Nc3nnnn3C)nn(C)c2=O)c(Cl)c1. The Kier molecular flexibility index (Phi) is 4.73. The Labute approximate surface area is 155 Å². The number of ether oxygens (including phenoxy) is 1. The summed E-state index contributed by atoms with van der Waals surface area (Å²) in [5.41, 5.74) is -2.17. The highest BCUT2D eigenvalue weighted by atomic mass is 35.5. The number of tetrazole rings is 1. The van der Waals surface area contributed by atoms with Gasteiger partial charge in [0.05, 0.1) is 17.8 Å². The molecule has 0 unspecified atom stereocenters. The van der Waals surface area contributed by atoms with E-state index in [0.717, 1.165) is 9.25 Å². The van der Waals surface area contributed by atoms with Crippen LogP contribution >= 0.6 is 11.6 Å². The minimum Gasteiger partial charge on any atom is -0.497 e. The highest BCUT2D eigenvalue weighted by molar-refractivity contribution is 6.32. The molecule has 3 aromatic rings. The summed E-state index contributed by atoms with van der Waals surface area (Å²) in [7, 11) is 4.25. The van der Waals surface area contributed by atoms with Gasteiger partial charge >= 0.3 is 5.69 Å². The van der Waals surface area contributed by atoms with E-state index in [-0.39, 0.29) is 16.7 Å². The van der Waals surface area contributed by atoms with Gasteiger partial charge in [-0.05, 0) is 22.6 Å². The van der Waals surface area contributed by atoms with Gasteiger partial charge in [0.2, 0.25) is 11.6 Å². The number of benzene rings is 1. The van der Waals surface area contributed by atoms with Gasteiger partial charge in [-0.25, -0.2) is 18.7 Å². The van der Waals surface area contributed by atoms with E-state index in [2.05, 4.69) is 25.9 Å². The third-order valence-electron chi connectivity index (χ3n) is 3.58. The number of aryl methyl sites for hydroxylation is 2. The van der Waals surface area contributed by atoms with Crippen molar-refractivity contribution in [2.75, 3.05) is 12.4 Å². The molecule has 0 fully saturated rings. The highest BCUT2D eigenvalue weighted by Crippen LogP contribution is 2.23. The number of nitrogens with zero attached hydrogens (tertiary/aromatic N) is 7. The van der Waals surface area contributed by atoms with E-state index in [1.54, 1.807) is 0 Å². The van der Waals surface area contributed by atoms with Gasteiger partial charge in [0.15, 0.2) is 0 Å². The number of amides is 1. The van der Waals surface area contributed by atoms with Crippen molar-refractivity contribution in [3.63, 3.8) is 0 Å². The Morgan fingerprint density at radius 1 is 1.22 bits per heavy atom. The molecule has 0 radical (unpaired) electrons. The number of rotatable bonds is 4. The fraction of sp³-hybridized carbons (Fsp3) is 0.214. The van der Waals surface area contributed by atoms with Gasteiger partial charge in [0.1, 0.15) is 5.75 Å². The van der Waals surface area contributed by atoms with Crippen molar-refractivity contribution < 1.29 is 9.53 Å². The molecule has 0 bridgehead atoms. The van der Waals surface area contributed by atoms with Crippen LogP contribution in [0.5, 0.6) is 5.75 Å². The third kappa shape index (κ3) is 3.29. The lowest BCUT2D eigenvalue weighted by atomic mass is 10.3. The molecule has 0 aliphatic heterocycles. The van der Waals surface area contributed by atoms with Crippen LogP contribution in [0.15, 0.2) is 27.8 Å². The van der Waals surface area contributed by atoms with Gasteiger partial charge in [-0.15, -0.1) is 0 Å². The van der Waals surface area contributed by atoms with Crippen LogP contribution in [-0.4, -0.2) is 47.6 Å². The molecule has 140 valence electrons. The van der Waals surface area contributed by atoms with Crippen LogP contribution in [0.3, 0.4) is 0 Å². The van der Waals surface area contributed by atoms with Crippen LogP contribution < -0.4 is 21.3 Å². The number of methoxy groups -OCH3 is 1. The zero-order valence-electron chi connectivity index (χ0n) is 14.4. The fourth-order valence-corrected chi connectivity index (χ4v) is 2.48. The first kappa shape index (κ1) is 18.3. The number of hydrogen-bond acceptors (Lipinski definition) is 8. The van der Waals surface area contributed by atoms with Crippen molar-refractivity contribution in [1.82, 2.24) is 34.6 Å². The van der Waals surface area contributed by atoms with Crippen molar-refractivity contribution in [3.05, 3.63) is 49.8 Å². The Morgan fingerprint density at radius 2 is 1.96 bits per heavy atom. The second kappa shape index (κ2) is 6.99. The van der Waals surface area contributed by atoms with Crippen LogP contribution in [0.2, 0.25) is 5.02 Å². The summed E-state index contributed by atoms with van der Waals surface area (Å²) in [5.74, 6) is -0.439. The molecule has 2 aromatic heterocycles. The highest BCUT2D eigenvalue weighted by Gasteiger charge is 2.22. The normalized spacial score (nSPS) is 10.7. The van der Waals surface area contributed by atoms with E-state index in [0.29, 0.717) is 5.75 Å². The van der Waals surface area contributed by atoms with Crippen molar-refractivity contribution in [3.8, 4) is 11.4 Å². The van der Waals surface area contributed by atoms with E-state index < -0.39 is 22.9 Å². The first-order chi connectivity index (χ1) is 12.8. The van der Waals surface area contributed by atoms with Crippen LogP contribution in [0, 0.1) is 0 Å². The summed E-state index contributed by atoms with van der Waals surface area (Å²) >= 11 is 6.17. The number of hydrogen-bond donors (Lipinski definition) is 1. The lowest BCUT2D eigenvalue weighted by molar-refractivity contribution is 0.101. The summed E-state index contributed by atoms with van der Waals surface area (Å²) < 4.78 is 7.84. The molecule has 2 heterocycles. The second-order valence-corrected chi connectivity index (χ2v) is 5.70. The maximum atomic E-state index is 12.8. The van der Waals surface area contributed by atoms with Crippen molar-refractivity contribution >= 4 is 23.5 Å². The van der Waals surface area contributed by atoms with E-state index >= 15 is 0 Å². The summed E-state index contributed by atoms with van der Waals surface area (Å²) in [6, 6.07) is 4.39. The van der Waals surface area contributed by atoms with E-state index in [1.807, 2.05) is 0 Å². The van der Waals surface area contributed by atoms with Gasteiger partial charge in [-0.3, -0.25) is 14.9 Å². The Balaban J connectivity index is 2.14. The van der Waals surface area contributed by atoms with Crippen molar-refractivity contribution in [2.24, 2.45) is 14.1 Å². The van der Waals surface area contributed by atoms with Gasteiger partial charge < -0.3 is 4.74 Å². The number of carbonyl (C=O) groups excluding carboxylic acids is 1. The minimum absolute atomic E-state index is 0.00378. The van der Waals surface area contributed by atoms with Crippen LogP contribution in [0.4, 0.5) is 5.95 Å². The van der Waals surface area contributed by atoms with Crippen molar-refractivity contribution in [1.29, 1.82) is 0 Å². The zero-order chi connectivity index (χ0) is 19.7. The summed E-state index contributed by atoms with van der Waals surface area (Å²) in [5, 5.41) is 16.7. The Morgan fingerprint density at radius 3 is 2.56 bits per heavy atom. The van der Waals surface area contributed by atoms with Crippen LogP contribution in [0.1, 0.15) is 10.5 Å². The van der Waals surface area contributed by atoms with E-state index in [1.165, 1.54) is 44.1 Å². The number of nitrogens with one attached hydrogen (secondary N) is 1. The molecular weight excluding hydrogens is 380 g/mol. The molecule has 1 N–H and O–H groups in total. The molecule has 12 nitrogen and oxygen atoms in total. The fourth-order valence-electron chi connectivity index (χ4n) is 2.22. The molecule has 13 heteroatoms. The standard InChI is InChI=1S/C14H13ClN8O4/c1-21-13(17-19-20-21)16-11(24)10-12(25)23(14(26)22(2)18-10)9-5-4-7(27-3)6-8(9)15/h4-6H,1-3H3,(H,16,17,20,24). The molecule has 1 amide bonds. The molecule has 3 rings (SSSR count). The molecule has 1 aromatic carbocycles. The monoisotopic (exact) mass is 392 g/mol. The molecule has 0 aliphatic carbocycles. The molecular formula is C14H13ClN8O4. The first-order valence-corrected chi connectivity index (χ1v) is 7.79. The smallest absolute Gasteiger partial charge is 0.351 e. The van der Waals surface area contributed by atoms with Crippen LogP contribution in [-0.2, 0) is 14.1 Å². The molecule has 27 heavy (non-hydrogen) atoms. The molecule has 0 spiro atoms. The second-order valence-electron chi connectivity index (χ2n) is 5.29. The lowest BCUT2D eigenvalue weighted by Gasteiger charge is -2.11. The maximum absolute atomic E-state index is 12.8. The minimum atomic E-state index is -0.946. The largest absolute Gasteiger partial charge is 0.497 e. The predicted octanol–water partition coefficient (Wildman–Crippen LogP) is -0.631. The first-order valence-electron chi connectivity index (χ1n) is 7.41. The van der Waals surface area contributed by atoms with Gasteiger partial charge in [-0.2, -0.15) is 5.10 Å². The summed E-state index contributed by atoms with van der Waals surface area (Å²) in [4.78, 5) is 37.7. The average Bonchev–Trinajstić information content (AvgIpc) is 3.04. The Hall–Kier alpha value is -3.54. The van der Waals surface area contributed by atoms with Gasteiger partial charge in [-0.1, -0.05) is 16.7 Å². The summed E-state index contributed by atoms with van der Waals surface area (Å²) in [6.45, 7) is 0. The van der Waals surface area contributed by atoms with Gasteiger partial charge in [0.25, 0.3) is 11.5 Å². The number of aromatic nitrogens is 7. The summed E-state index contributed by atoms with van der Waals surface area (Å²) in [6.07, 6.45) is 0. The third-order valence-corrected chi connectivity index (χ3v) is 3.88. The topological polar surface area (TPSA) is 139 Å². The van der Waals surface area contributed by atoms with E-state index in [9.17, 15) is 14.4 Å². The van der Waals surface area contributed by atoms with Crippen molar-refractivity contribution in [2.45, 2.75) is 0 Å². The average molecular weight is 393 g/mol. The quantitative estimate of drug-likeness (QED) is 0.619. The van der Waals surface area contributed by atoms with E-state index in [4.69, 9.17) is 16.3 Å². The molecule has 0 atom stereocenters. The van der Waals surface area contributed by atoms with Gasteiger partial charge in [0, 0.05) is 20.2 Å². The number of halogens is 1. The zero-order valence-corrected chi connectivity index (χ0v) is 15.1. The van der Waals surface area contributed by atoms with Crippen LogP contribution in [0.25, 0.3) is 5.69 Å². The number of carbonyl (C=O) groups is 1. The molecule has 0 saturated heterocycles. The number of anilines is 1. The molecule has 0 saturated carbocycles. The molecule has 0 aliphatic rings. The Bertz CT molecular complexity index is 1150. The predicted molar refractivity (Wildman–Crippen MR) is 93.4 cm³/mol. The maximum Gasteiger partial charge on any atom is 0.351 e.